The van der Waals surface area contributed by atoms with E-state index in [1.807, 2.05) is 6.08 Å². The van der Waals surface area contributed by atoms with Crippen molar-refractivity contribution in [3.63, 3.8) is 0 Å². The van der Waals surface area contributed by atoms with Crippen molar-refractivity contribution in [3.05, 3.63) is 24.8 Å². The zero-order valence-corrected chi connectivity index (χ0v) is 11.8. The fourth-order valence-corrected chi connectivity index (χ4v) is 1.63. The van der Waals surface area contributed by atoms with Gasteiger partial charge < -0.3 is 9.64 Å². The highest BCUT2D eigenvalue weighted by atomic mass is 16.5. The molecule has 0 rings (SSSR count). The predicted molar refractivity (Wildman–Crippen MR) is 76.4 cm³/mol. The van der Waals surface area contributed by atoms with E-state index in [1.165, 1.54) is 6.42 Å². The van der Waals surface area contributed by atoms with Crippen molar-refractivity contribution in [2.45, 2.75) is 45.6 Å². The van der Waals surface area contributed by atoms with E-state index in [0.717, 1.165) is 39.0 Å². The Bertz CT molecular complexity index is 201. The number of rotatable bonds is 11. The van der Waals surface area contributed by atoms with Gasteiger partial charge in [0.05, 0.1) is 12.7 Å². The largest absolute Gasteiger partial charge is 0.377 e. The van der Waals surface area contributed by atoms with E-state index < -0.39 is 0 Å². The van der Waals surface area contributed by atoms with Crippen LogP contribution < -0.4 is 0 Å². The van der Waals surface area contributed by atoms with Crippen LogP contribution in [0, 0.1) is 0 Å². The van der Waals surface area contributed by atoms with Gasteiger partial charge in [-0.25, -0.2) is 0 Å². The molecule has 2 nitrogen and oxygen atoms in total. The Kier molecular flexibility index (Phi) is 11.5. The fourth-order valence-electron chi connectivity index (χ4n) is 1.63. The quantitative estimate of drug-likeness (QED) is 0.403. The van der Waals surface area contributed by atoms with Gasteiger partial charge in [0.15, 0.2) is 0 Å². The van der Waals surface area contributed by atoms with E-state index >= 15 is 0 Å². The third kappa shape index (κ3) is 10.3. The SMILES string of the molecule is C=CCCCN(C)CCOC(CC)CC=CC. The molecule has 0 aromatic heterocycles. The summed E-state index contributed by atoms with van der Waals surface area (Å²) in [6.45, 7) is 10.9. The number of nitrogens with zero attached hydrogens (tertiary/aromatic N) is 1. The first-order valence-electron chi connectivity index (χ1n) is 6.76. The predicted octanol–water partition coefficient (Wildman–Crippen LogP) is 3.65. The topological polar surface area (TPSA) is 12.5 Å². The summed E-state index contributed by atoms with van der Waals surface area (Å²) in [5.74, 6) is 0. The van der Waals surface area contributed by atoms with E-state index in [0.29, 0.717) is 6.10 Å². The van der Waals surface area contributed by atoms with Crippen LogP contribution >= 0.6 is 0 Å². The van der Waals surface area contributed by atoms with Crippen molar-refractivity contribution in [2.24, 2.45) is 0 Å². The van der Waals surface area contributed by atoms with Crippen molar-refractivity contribution in [1.29, 1.82) is 0 Å². The second-order valence-electron chi connectivity index (χ2n) is 4.44. The fraction of sp³-hybridized carbons (Fsp3) is 0.733. The molecule has 0 aliphatic rings. The number of hydrogen-bond donors (Lipinski definition) is 0. The van der Waals surface area contributed by atoms with E-state index in [2.05, 4.69) is 44.5 Å². The van der Waals surface area contributed by atoms with Crippen LogP contribution in [0.4, 0.5) is 0 Å². The average molecular weight is 239 g/mol. The summed E-state index contributed by atoms with van der Waals surface area (Å²) < 4.78 is 5.86. The molecule has 2 heteroatoms. The zero-order valence-electron chi connectivity index (χ0n) is 11.8. The maximum Gasteiger partial charge on any atom is 0.0607 e. The second kappa shape index (κ2) is 11.9. The van der Waals surface area contributed by atoms with Crippen molar-refractivity contribution in [3.8, 4) is 0 Å². The van der Waals surface area contributed by atoms with Crippen LogP contribution in [0.2, 0.25) is 0 Å². The molecule has 100 valence electrons. The number of likely N-dealkylation sites (N-methyl/N-ethyl adjacent to an activating group) is 1. The Morgan fingerprint density at radius 1 is 1.35 bits per heavy atom. The van der Waals surface area contributed by atoms with Crippen molar-refractivity contribution < 1.29 is 4.74 Å². The van der Waals surface area contributed by atoms with Gasteiger partial charge in [0.1, 0.15) is 0 Å². The monoisotopic (exact) mass is 239 g/mol. The van der Waals surface area contributed by atoms with Gasteiger partial charge in [-0.2, -0.15) is 0 Å². The van der Waals surface area contributed by atoms with Gasteiger partial charge >= 0.3 is 0 Å². The minimum absolute atomic E-state index is 0.382. The van der Waals surface area contributed by atoms with Gasteiger partial charge in [0, 0.05) is 6.54 Å². The zero-order chi connectivity index (χ0) is 12.9. The highest BCUT2D eigenvalue weighted by molar-refractivity contribution is 4.80. The molecule has 1 atom stereocenters. The van der Waals surface area contributed by atoms with Crippen molar-refractivity contribution >= 4 is 0 Å². The molecule has 17 heavy (non-hydrogen) atoms. The van der Waals surface area contributed by atoms with E-state index in [-0.39, 0.29) is 0 Å². The Morgan fingerprint density at radius 3 is 2.71 bits per heavy atom. The lowest BCUT2D eigenvalue weighted by molar-refractivity contribution is 0.0407. The third-order valence-electron chi connectivity index (χ3n) is 2.86. The van der Waals surface area contributed by atoms with Gasteiger partial charge in [0.25, 0.3) is 0 Å². The molecule has 0 saturated heterocycles. The van der Waals surface area contributed by atoms with Crippen LogP contribution in [0.25, 0.3) is 0 Å². The third-order valence-corrected chi connectivity index (χ3v) is 2.86. The van der Waals surface area contributed by atoms with Crippen LogP contribution in [0.1, 0.15) is 39.5 Å². The molecule has 0 spiro atoms. The van der Waals surface area contributed by atoms with Gasteiger partial charge in [-0.15, -0.1) is 6.58 Å². The summed E-state index contributed by atoms with van der Waals surface area (Å²) in [7, 11) is 2.15. The second-order valence-corrected chi connectivity index (χ2v) is 4.44. The number of allylic oxidation sites excluding steroid dienone is 2. The van der Waals surface area contributed by atoms with Crippen LogP contribution in [-0.2, 0) is 4.74 Å². The van der Waals surface area contributed by atoms with Crippen molar-refractivity contribution in [1.82, 2.24) is 4.90 Å². The lowest BCUT2D eigenvalue weighted by Crippen LogP contribution is -2.26. The number of hydrogen-bond acceptors (Lipinski definition) is 2. The van der Waals surface area contributed by atoms with Crippen LogP contribution in [0.15, 0.2) is 24.8 Å². The summed E-state index contributed by atoms with van der Waals surface area (Å²) in [5.41, 5.74) is 0. The average Bonchev–Trinajstić information content (AvgIpc) is 2.34. The summed E-state index contributed by atoms with van der Waals surface area (Å²) >= 11 is 0. The Labute approximate surface area is 107 Å². The summed E-state index contributed by atoms with van der Waals surface area (Å²) in [6, 6.07) is 0. The van der Waals surface area contributed by atoms with Crippen LogP contribution in [0.3, 0.4) is 0 Å². The van der Waals surface area contributed by atoms with E-state index in [1.54, 1.807) is 0 Å². The highest BCUT2D eigenvalue weighted by Crippen LogP contribution is 2.04. The van der Waals surface area contributed by atoms with Crippen LogP contribution in [-0.4, -0.2) is 37.7 Å². The smallest absolute Gasteiger partial charge is 0.0607 e. The maximum atomic E-state index is 5.86. The summed E-state index contributed by atoms with van der Waals surface area (Å²) in [5, 5.41) is 0. The van der Waals surface area contributed by atoms with E-state index in [4.69, 9.17) is 4.74 Å². The molecule has 0 aromatic rings. The van der Waals surface area contributed by atoms with Gasteiger partial charge in [-0.05, 0) is 46.2 Å². The minimum Gasteiger partial charge on any atom is -0.377 e. The molecule has 0 radical (unpaired) electrons. The van der Waals surface area contributed by atoms with Gasteiger partial charge in [-0.1, -0.05) is 25.2 Å². The molecule has 0 saturated carbocycles. The number of unbranched alkanes of at least 4 members (excludes halogenated alkanes) is 1. The lowest BCUT2D eigenvalue weighted by Gasteiger charge is -2.19. The molecule has 1 unspecified atom stereocenters. The summed E-state index contributed by atoms with van der Waals surface area (Å²) in [6.07, 6.45) is 11.1. The summed E-state index contributed by atoms with van der Waals surface area (Å²) in [4.78, 5) is 2.33. The van der Waals surface area contributed by atoms with Crippen LogP contribution in [0.5, 0.6) is 0 Å². The molecular weight excluding hydrogens is 210 g/mol. The normalized spacial score (nSPS) is 13.4. The molecule has 0 aliphatic carbocycles. The van der Waals surface area contributed by atoms with Gasteiger partial charge in [0.2, 0.25) is 0 Å². The number of ether oxygens (including phenoxy) is 1. The molecule has 0 fully saturated rings. The highest BCUT2D eigenvalue weighted by Gasteiger charge is 2.04. The standard InChI is InChI=1S/C15H29NO/c1-5-8-10-12-16(4)13-14-17-15(7-3)11-9-6-2/h5-6,9,15H,1,7-8,10-14H2,2-4H3. The Hall–Kier alpha value is -0.600. The molecular formula is C15H29NO. The first kappa shape index (κ1) is 16.4. The van der Waals surface area contributed by atoms with E-state index in [9.17, 15) is 0 Å². The Morgan fingerprint density at radius 2 is 2.12 bits per heavy atom. The minimum atomic E-state index is 0.382. The lowest BCUT2D eigenvalue weighted by atomic mass is 10.2. The van der Waals surface area contributed by atoms with Gasteiger partial charge in [-0.3, -0.25) is 0 Å². The maximum absolute atomic E-state index is 5.86. The first-order chi connectivity index (χ1) is 8.24. The van der Waals surface area contributed by atoms with Crippen molar-refractivity contribution in [2.75, 3.05) is 26.7 Å². The molecule has 0 aliphatic heterocycles. The Balaban J connectivity index is 3.54. The molecule has 0 N–H and O–H groups in total. The molecule has 0 amide bonds. The molecule has 0 aromatic carbocycles. The molecule has 0 bridgehead atoms. The molecule has 0 heterocycles. The first-order valence-corrected chi connectivity index (χ1v) is 6.76.